The molecule has 4 rings (SSSR count). The third-order valence-corrected chi connectivity index (χ3v) is 5.18. The lowest BCUT2D eigenvalue weighted by Crippen LogP contribution is -2.63. The van der Waals surface area contributed by atoms with Crippen LogP contribution in [0.4, 0.5) is 14.9 Å². The highest BCUT2D eigenvalue weighted by Gasteiger charge is 2.37. The molecular weight excluding hydrogens is 411 g/mol. The Morgan fingerprint density at radius 1 is 1.03 bits per heavy atom. The van der Waals surface area contributed by atoms with Gasteiger partial charge in [-0.05, 0) is 48.5 Å². The molecule has 0 aliphatic carbocycles. The molecule has 0 bridgehead atoms. The monoisotopic (exact) mass is 434 g/mol. The van der Waals surface area contributed by atoms with Crippen molar-refractivity contribution in [3.05, 3.63) is 90.5 Å². The van der Waals surface area contributed by atoms with E-state index in [0.717, 1.165) is 5.69 Å². The predicted molar refractivity (Wildman–Crippen MR) is 118 cm³/mol. The standard InChI is InChI=1S/C24H23FN4O3/c25-18-9-11-22(12-10-18)32-17-23(30)28-15-21(16-28)29(14-20-8-4-5-13-26-20)24(31)27-19-6-2-1-3-7-19/h1-13,21H,14-17H2,(H,27,31). The largest absolute Gasteiger partial charge is 0.484 e. The maximum Gasteiger partial charge on any atom is 0.322 e. The number of ether oxygens (including phenoxy) is 1. The molecule has 0 saturated carbocycles. The Morgan fingerprint density at radius 3 is 2.44 bits per heavy atom. The molecule has 3 amide bonds. The Hall–Kier alpha value is -3.94. The van der Waals surface area contributed by atoms with Crippen LogP contribution in [0.5, 0.6) is 5.75 Å². The summed E-state index contributed by atoms with van der Waals surface area (Å²) in [5, 5.41) is 2.91. The summed E-state index contributed by atoms with van der Waals surface area (Å²) in [7, 11) is 0. The van der Waals surface area contributed by atoms with Crippen molar-refractivity contribution in [3.63, 3.8) is 0 Å². The molecule has 0 radical (unpaired) electrons. The number of nitrogens with zero attached hydrogens (tertiary/aromatic N) is 3. The van der Waals surface area contributed by atoms with Crippen molar-refractivity contribution >= 4 is 17.6 Å². The normalized spacial score (nSPS) is 13.2. The minimum absolute atomic E-state index is 0.143. The first-order chi connectivity index (χ1) is 15.6. The maximum absolute atomic E-state index is 13.0. The van der Waals surface area contributed by atoms with E-state index >= 15 is 0 Å². The van der Waals surface area contributed by atoms with Gasteiger partial charge in [0, 0.05) is 25.0 Å². The van der Waals surface area contributed by atoms with Gasteiger partial charge in [0.15, 0.2) is 6.61 Å². The van der Waals surface area contributed by atoms with Crippen LogP contribution in [0.3, 0.4) is 0 Å². The molecule has 1 N–H and O–H groups in total. The number of anilines is 1. The van der Waals surface area contributed by atoms with Gasteiger partial charge >= 0.3 is 6.03 Å². The fourth-order valence-electron chi connectivity index (χ4n) is 3.37. The molecule has 2 heterocycles. The molecule has 1 aliphatic heterocycles. The fraction of sp³-hybridized carbons (Fsp3) is 0.208. The molecule has 3 aromatic rings. The number of halogens is 1. The fourth-order valence-corrected chi connectivity index (χ4v) is 3.37. The Balaban J connectivity index is 1.36. The van der Waals surface area contributed by atoms with Crippen LogP contribution in [0, 0.1) is 5.82 Å². The van der Waals surface area contributed by atoms with E-state index < -0.39 is 0 Å². The van der Waals surface area contributed by atoms with Crippen molar-refractivity contribution in [2.45, 2.75) is 12.6 Å². The molecular formula is C24H23FN4O3. The van der Waals surface area contributed by atoms with E-state index in [2.05, 4.69) is 10.3 Å². The second-order valence-corrected chi connectivity index (χ2v) is 7.44. The molecule has 32 heavy (non-hydrogen) atoms. The van der Waals surface area contributed by atoms with Crippen LogP contribution in [0.2, 0.25) is 0 Å². The van der Waals surface area contributed by atoms with Gasteiger partial charge in [0.2, 0.25) is 0 Å². The number of likely N-dealkylation sites (tertiary alicyclic amines) is 1. The number of para-hydroxylation sites is 1. The average molecular weight is 434 g/mol. The zero-order chi connectivity index (χ0) is 22.3. The summed E-state index contributed by atoms with van der Waals surface area (Å²) >= 11 is 0. The highest BCUT2D eigenvalue weighted by Crippen LogP contribution is 2.20. The van der Waals surface area contributed by atoms with Crippen molar-refractivity contribution in [3.8, 4) is 5.75 Å². The summed E-state index contributed by atoms with van der Waals surface area (Å²) in [5.41, 5.74) is 1.46. The van der Waals surface area contributed by atoms with E-state index in [1.807, 2.05) is 48.5 Å². The topological polar surface area (TPSA) is 74.8 Å². The number of benzene rings is 2. The average Bonchev–Trinajstić information content (AvgIpc) is 2.78. The first kappa shape index (κ1) is 21.3. The summed E-state index contributed by atoms with van der Waals surface area (Å²) in [6.45, 7) is 0.994. The number of hydrogen-bond acceptors (Lipinski definition) is 4. The molecule has 1 aromatic heterocycles. The molecule has 8 heteroatoms. The Morgan fingerprint density at radius 2 is 1.75 bits per heavy atom. The van der Waals surface area contributed by atoms with Crippen LogP contribution < -0.4 is 10.1 Å². The number of carbonyl (C=O) groups excluding carboxylic acids is 2. The number of hydrogen-bond donors (Lipinski definition) is 1. The minimum atomic E-state index is -0.365. The van der Waals surface area contributed by atoms with E-state index in [0.29, 0.717) is 31.1 Å². The van der Waals surface area contributed by atoms with Crippen molar-refractivity contribution in [2.24, 2.45) is 0 Å². The van der Waals surface area contributed by atoms with Crippen molar-refractivity contribution in [1.29, 1.82) is 0 Å². The maximum atomic E-state index is 13.0. The van der Waals surface area contributed by atoms with E-state index in [1.165, 1.54) is 24.3 Å². The van der Waals surface area contributed by atoms with Crippen LogP contribution in [-0.2, 0) is 11.3 Å². The van der Waals surface area contributed by atoms with Gasteiger partial charge in [0.25, 0.3) is 5.91 Å². The van der Waals surface area contributed by atoms with Gasteiger partial charge in [-0.15, -0.1) is 0 Å². The number of carbonyl (C=O) groups is 2. The number of urea groups is 1. The molecule has 2 aromatic carbocycles. The van der Waals surface area contributed by atoms with Gasteiger partial charge in [0.05, 0.1) is 18.3 Å². The Labute approximate surface area is 185 Å². The Bertz CT molecular complexity index is 1040. The van der Waals surface area contributed by atoms with Gasteiger partial charge < -0.3 is 19.9 Å². The molecule has 164 valence electrons. The molecule has 1 fully saturated rings. The zero-order valence-electron chi connectivity index (χ0n) is 17.4. The summed E-state index contributed by atoms with van der Waals surface area (Å²) in [6.07, 6.45) is 1.69. The number of amides is 3. The van der Waals surface area contributed by atoms with Gasteiger partial charge in [-0.3, -0.25) is 9.78 Å². The van der Waals surface area contributed by atoms with Crippen LogP contribution in [-0.4, -0.2) is 52.5 Å². The van der Waals surface area contributed by atoms with Crippen LogP contribution in [0.15, 0.2) is 79.0 Å². The summed E-state index contributed by atoms with van der Waals surface area (Å²) in [5.74, 6) is -0.126. The highest BCUT2D eigenvalue weighted by atomic mass is 19.1. The first-order valence-corrected chi connectivity index (χ1v) is 10.3. The molecule has 0 unspecified atom stereocenters. The van der Waals surface area contributed by atoms with E-state index in [-0.39, 0.29) is 30.4 Å². The van der Waals surface area contributed by atoms with Crippen molar-refractivity contribution < 1.29 is 18.7 Å². The number of rotatable bonds is 7. The van der Waals surface area contributed by atoms with Gasteiger partial charge in [0.1, 0.15) is 11.6 Å². The van der Waals surface area contributed by atoms with Crippen LogP contribution in [0.1, 0.15) is 5.69 Å². The molecule has 1 saturated heterocycles. The molecule has 7 nitrogen and oxygen atoms in total. The second kappa shape index (κ2) is 9.91. The third-order valence-electron chi connectivity index (χ3n) is 5.18. The van der Waals surface area contributed by atoms with Gasteiger partial charge in [-0.1, -0.05) is 24.3 Å². The number of pyridine rings is 1. The number of aromatic nitrogens is 1. The number of nitrogens with one attached hydrogen (secondary N) is 1. The lowest BCUT2D eigenvalue weighted by molar-refractivity contribution is -0.140. The molecule has 1 aliphatic rings. The quantitative estimate of drug-likeness (QED) is 0.617. The summed E-state index contributed by atoms with van der Waals surface area (Å²) < 4.78 is 18.4. The summed E-state index contributed by atoms with van der Waals surface area (Å²) in [6, 6.07) is 19.9. The van der Waals surface area contributed by atoms with E-state index in [9.17, 15) is 14.0 Å². The van der Waals surface area contributed by atoms with Crippen molar-refractivity contribution in [2.75, 3.05) is 25.0 Å². The zero-order valence-corrected chi connectivity index (χ0v) is 17.4. The SMILES string of the molecule is O=C(COc1ccc(F)cc1)N1CC(N(Cc2ccccn2)C(=O)Nc2ccccc2)C1. The van der Waals surface area contributed by atoms with Crippen molar-refractivity contribution in [1.82, 2.24) is 14.8 Å². The third kappa shape index (κ3) is 5.40. The first-order valence-electron chi connectivity index (χ1n) is 10.3. The van der Waals surface area contributed by atoms with Gasteiger partial charge in [-0.2, -0.15) is 0 Å². The van der Waals surface area contributed by atoms with Crippen LogP contribution >= 0.6 is 0 Å². The lowest BCUT2D eigenvalue weighted by atomic mass is 10.1. The van der Waals surface area contributed by atoms with E-state index in [1.54, 1.807) is 16.0 Å². The predicted octanol–water partition coefficient (Wildman–Crippen LogP) is 3.54. The second-order valence-electron chi connectivity index (χ2n) is 7.44. The molecule has 0 atom stereocenters. The highest BCUT2D eigenvalue weighted by molar-refractivity contribution is 5.90. The molecule has 0 spiro atoms. The summed E-state index contributed by atoms with van der Waals surface area (Å²) in [4.78, 5) is 33.1. The smallest absolute Gasteiger partial charge is 0.322 e. The van der Waals surface area contributed by atoms with Gasteiger partial charge in [-0.25, -0.2) is 9.18 Å². The minimum Gasteiger partial charge on any atom is -0.484 e. The Kier molecular flexibility index (Phi) is 6.60. The lowest BCUT2D eigenvalue weighted by Gasteiger charge is -2.45. The van der Waals surface area contributed by atoms with Crippen LogP contribution in [0.25, 0.3) is 0 Å². The van der Waals surface area contributed by atoms with E-state index in [4.69, 9.17) is 4.74 Å².